The van der Waals surface area contributed by atoms with Crippen molar-refractivity contribution in [1.82, 2.24) is 4.90 Å². The number of aryl methyl sites for hydroxylation is 2. The number of fused-ring (bicyclic) bond motifs is 1. The zero-order chi connectivity index (χ0) is 15.7. The van der Waals surface area contributed by atoms with E-state index in [2.05, 4.69) is 12.1 Å². The van der Waals surface area contributed by atoms with E-state index in [4.69, 9.17) is 10.5 Å². The summed E-state index contributed by atoms with van der Waals surface area (Å²) in [5, 5.41) is 0. The minimum Gasteiger partial charge on any atom is -0.493 e. The summed E-state index contributed by atoms with van der Waals surface area (Å²) in [6.45, 7) is 6.25. The quantitative estimate of drug-likeness (QED) is 0.928. The number of amides is 1. The molecule has 1 heterocycles. The van der Waals surface area contributed by atoms with Gasteiger partial charge in [0.1, 0.15) is 5.75 Å². The lowest BCUT2D eigenvalue weighted by atomic mass is 9.98. The Morgan fingerprint density at radius 2 is 2.14 bits per heavy atom. The van der Waals surface area contributed by atoms with Gasteiger partial charge >= 0.3 is 0 Å². The van der Waals surface area contributed by atoms with E-state index in [0.717, 1.165) is 30.8 Å². The number of ether oxygens (including phenoxy) is 1. The second-order valence-corrected chi connectivity index (χ2v) is 6.83. The lowest BCUT2D eigenvalue weighted by Gasteiger charge is -2.19. The molecule has 1 saturated heterocycles. The molecule has 1 aliphatic carbocycles. The van der Waals surface area contributed by atoms with Crippen LogP contribution in [-0.4, -0.2) is 36.5 Å². The van der Waals surface area contributed by atoms with Crippen molar-refractivity contribution in [3.63, 3.8) is 0 Å². The topological polar surface area (TPSA) is 55.6 Å². The Labute approximate surface area is 132 Å². The second-order valence-electron chi connectivity index (χ2n) is 6.83. The number of hydrogen-bond acceptors (Lipinski definition) is 3. The van der Waals surface area contributed by atoms with Crippen molar-refractivity contribution < 1.29 is 9.53 Å². The number of carbonyl (C=O) groups excluding carboxylic acids is 1. The van der Waals surface area contributed by atoms with Crippen LogP contribution in [0.1, 0.15) is 30.4 Å². The average Bonchev–Trinajstić information content (AvgIpc) is 3.05. The van der Waals surface area contributed by atoms with Gasteiger partial charge in [-0.15, -0.1) is 0 Å². The third-order valence-corrected chi connectivity index (χ3v) is 5.18. The van der Waals surface area contributed by atoms with Gasteiger partial charge in [0.25, 0.3) is 0 Å². The molecule has 2 fully saturated rings. The number of rotatable bonds is 4. The van der Waals surface area contributed by atoms with E-state index in [1.807, 2.05) is 24.8 Å². The summed E-state index contributed by atoms with van der Waals surface area (Å²) in [6.07, 6.45) is 2.74. The number of nitrogens with zero attached hydrogens (tertiary/aromatic N) is 1. The van der Waals surface area contributed by atoms with Gasteiger partial charge in [0.2, 0.25) is 5.91 Å². The van der Waals surface area contributed by atoms with Crippen molar-refractivity contribution in [2.24, 2.45) is 17.6 Å². The minimum atomic E-state index is 0.201. The normalized spacial score (nSPS) is 27.0. The lowest BCUT2D eigenvalue weighted by Crippen LogP contribution is -2.34. The Kier molecular flexibility index (Phi) is 4.39. The average molecular weight is 302 g/mol. The number of likely N-dealkylation sites (tertiary alicyclic amines) is 1. The molecule has 1 amide bonds. The van der Waals surface area contributed by atoms with Crippen molar-refractivity contribution in [2.45, 2.75) is 39.2 Å². The molecule has 1 aliphatic heterocycles. The van der Waals surface area contributed by atoms with Gasteiger partial charge in [0, 0.05) is 19.1 Å². The summed E-state index contributed by atoms with van der Waals surface area (Å²) in [5.41, 5.74) is 8.41. The zero-order valence-electron chi connectivity index (χ0n) is 13.5. The smallest absolute Gasteiger partial charge is 0.226 e. The first kappa shape index (κ1) is 15.3. The maximum absolute atomic E-state index is 12.3. The van der Waals surface area contributed by atoms with Crippen LogP contribution < -0.4 is 10.5 Å². The summed E-state index contributed by atoms with van der Waals surface area (Å²) >= 11 is 0. The number of carbonyl (C=O) groups is 1. The molecule has 3 atom stereocenters. The van der Waals surface area contributed by atoms with Gasteiger partial charge in [0.05, 0.1) is 13.0 Å². The van der Waals surface area contributed by atoms with E-state index >= 15 is 0 Å². The summed E-state index contributed by atoms with van der Waals surface area (Å²) in [4.78, 5) is 14.3. The predicted octanol–water partition coefficient (Wildman–Crippen LogP) is 2.27. The van der Waals surface area contributed by atoms with Crippen LogP contribution in [0.3, 0.4) is 0 Å². The van der Waals surface area contributed by atoms with Crippen molar-refractivity contribution in [3.8, 4) is 5.75 Å². The molecule has 2 N–H and O–H groups in total. The van der Waals surface area contributed by atoms with Gasteiger partial charge in [-0.05, 0) is 55.7 Å². The SMILES string of the molecule is Cc1ccc(C)c(OCCC(=O)N2CC3CCC(N)C3C2)c1. The molecule has 1 saturated carbocycles. The number of hydrogen-bond donors (Lipinski definition) is 1. The van der Waals surface area contributed by atoms with Crippen LogP contribution in [0.15, 0.2) is 18.2 Å². The largest absolute Gasteiger partial charge is 0.493 e. The molecule has 0 spiro atoms. The van der Waals surface area contributed by atoms with E-state index < -0.39 is 0 Å². The first-order valence-electron chi connectivity index (χ1n) is 8.28. The number of nitrogens with two attached hydrogens (primary N) is 1. The Hall–Kier alpha value is -1.55. The van der Waals surface area contributed by atoms with Gasteiger partial charge in [0.15, 0.2) is 0 Å². The van der Waals surface area contributed by atoms with Gasteiger partial charge in [-0.25, -0.2) is 0 Å². The molecule has 22 heavy (non-hydrogen) atoms. The highest BCUT2D eigenvalue weighted by atomic mass is 16.5. The first-order chi connectivity index (χ1) is 10.5. The molecule has 4 nitrogen and oxygen atoms in total. The Morgan fingerprint density at radius 3 is 2.91 bits per heavy atom. The van der Waals surface area contributed by atoms with Gasteiger partial charge in [-0.3, -0.25) is 4.79 Å². The molecule has 1 aromatic carbocycles. The molecule has 0 aromatic heterocycles. The van der Waals surface area contributed by atoms with E-state index in [1.54, 1.807) is 0 Å². The van der Waals surface area contributed by atoms with Crippen LogP contribution in [0.5, 0.6) is 5.75 Å². The van der Waals surface area contributed by atoms with Crippen molar-refractivity contribution in [2.75, 3.05) is 19.7 Å². The van der Waals surface area contributed by atoms with E-state index in [0.29, 0.717) is 24.9 Å². The lowest BCUT2D eigenvalue weighted by molar-refractivity contribution is -0.131. The fourth-order valence-electron chi connectivity index (χ4n) is 3.78. The van der Waals surface area contributed by atoms with Gasteiger partial charge < -0.3 is 15.4 Å². The minimum absolute atomic E-state index is 0.201. The van der Waals surface area contributed by atoms with Gasteiger partial charge in [-0.1, -0.05) is 12.1 Å². The Bertz CT molecular complexity index is 558. The highest BCUT2D eigenvalue weighted by molar-refractivity contribution is 5.76. The maximum Gasteiger partial charge on any atom is 0.226 e. The van der Waals surface area contributed by atoms with E-state index in [9.17, 15) is 4.79 Å². The summed E-state index contributed by atoms with van der Waals surface area (Å²) < 4.78 is 5.79. The third kappa shape index (κ3) is 3.12. The molecule has 1 aromatic rings. The first-order valence-corrected chi connectivity index (χ1v) is 8.28. The molecular formula is C18H26N2O2. The second kappa shape index (κ2) is 6.29. The molecular weight excluding hydrogens is 276 g/mol. The molecule has 3 rings (SSSR count). The van der Waals surface area contributed by atoms with Crippen LogP contribution in [0.25, 0.3) is 0 Å². The maximum atomic E-state index is 12.3. The van der Waals surface area contributed by atoms with Crippen LogP contribution in [0, 0.1) is 25.7 Å². The Morgan fingerprint density at radius 1 is 1.32 bits per heavy atom. The van der Waals surface area contributed by atoms with E-state index in [-0.39, 0.29) is 11.9 Å². The van der Waals surface area contributed by atoms with Crippen molar-refractivity contribution in [3.05, 3.63) is 29.3 Å². The molecule has 3 unspecified atom stereocenters. The van der Waals surface area contributed by atoms with Crippen LogP contribution in [-0.2, 0) is 4.79 Å². The highest BCUT2D eigenvalue weighted by Crippen LogP contribution is 2.37. The number of benzene rings is 1. The van der Waals surface area contributed by atoms with Crippen LogP contribution in [0.4, 0.5) is 0 Å². The fourth-order valence-corrected chi connectivity index (χ4v) is 3.78. The zero-order valence-corrected chi connectivity index (χ0v) is 13.5. The summed E-state index contributed by atoms with van der Waals surface area (Å²) in [7, 11) is 0. The predicted molar refractivity (Wildman–Crippen MR) is 86.8 cm³/mol. The van der Waals surface area contributed by atoms with Crippen molar-refractivity contribution >= 4 is 5.91 Å². The third-order valence-electron chi connectivity index (χ3n) is 5.18. The fraction of sp³-hybridized carbons (Fsp3) is 0.611. The standard InChI is InChI=1S/C18H26N2O2/c1-12-3-4-13(2)17(9-12)22-8-7-18(21)20-10-14-5-6-16(19)15(14)11-20/h3-4,9,14-16H,5-8,10-11,19H2,1-2H3. The van der Waals surface area contributed by atoms with Gasteiger partial charge in [-0.2, -0.15) is 0 Å². The highest BCUT2D eigenvalue weighted by Gasteiger charge is 2.42. The molecule has 0 radical (unpaired) electrons. The van der Waals surface area contributed by atoms with Crippen LogP contribution in [0.2, 0.25) is 0 Å². The molecule has 4 heteroatoms. The Balaban J connectivity index is 1.48. The van der Waals surface area contributed by atoms with Crippen molar-refractivity contribution in [1.29, 1.82) is 0 Å². The molecule has 0 bridgehead atoms. The van der Waals surface area contributed by atoms with Crippen LogP contribution >= 0.6 is 0 Å². The van der Waals surface area contributed by atoms with E-state index in [1.165, 1.54) is 12.0 Å². The molecule has 2 aliphatic rings. The molecule has 120 valence electrons. The monoisotopic (exact) mass is 302 g/mol. The summed E-state index contributed by atoms with van der Waals surface area (Å²) in [5.74, 6) is 2.22. The summed E-state index contributed by atoms with van der Waals surface area (Å²) in [6, 6.07) is 6.43.